The maximum Gasteiger partial charge on any atom is 0.0189 e. The molecule has 0 saturated carbocycles. The average Bonchev–Trinajstić information content (AvgIpc) is 2.19. The van der Waals surface area contributed by atoms with Crippen molar-refractivity contribution in [3.63, 3.8) is 0 Å². The van der Waals surface area contributed by atoms with E-state index < -0.39 is 0 Å². The van der Waals surface area contributed by atoms with Gasteiger partial charge in [0.1, 0.15) is 0 Å². The molecule has 0 aliphatic heterocycles. The zero-order valence-electron chi connectivity index (χ0n) is 9.16. The van der Waals surface area contributed by atoms with Crippen molar-refractivity contribution < 1.29 is 0 Å². The summed E-state index contributed by atoms with van der Waals surface area (Å²) in [6.45, 7) is 1.69. The van der Waals surface area contributed by atoms with Gasteiger partial charge >= 0.3 is 0 Å². The average molecular weight is 289 g/mol. The second-order valence-corrected chi connectivity index (χ2v) is 5.66. The lowest BCUT2D eigenvalue weighted by atomic mass is 10.2. The van der Waals surface area contributed by atoms with Crippen LogP contribution in [0.15, 0.2) is 27.6 Å². The topological polar surface area (TPSA) is 29.3 Å². The second kappa shape index (κ2) is 6.53. The number of nitrogens with zero attached hydrogens (tertiary/aromatic N) is 1. The predicted octanol–water partition coefficient (Wildman–Crippen LogP) is 2.56. The van der Waals surface area contributed by atoms with Crippen LogP contribution in [0.5, 0.6) is 0 Å². The molecular formula is C11H17BrN2S. The van der Waals surface area contributed by atoms with Crippen LogP contribution >= 0.6 is 27.7 Å². The number of rotatable bonds is 5. The lowest BCUT2D eigenvalue weighted by molar-refractivity contribution is 0.437. The van der Waals surface area contributed by atoms with Gasteiger partial charge in [-0.25, -0.2) is 0 Å². The van der Waals surface area contributed by atoms with E-state index in [1.165, 1.54) is 10.5 Å². The second-order valence-electron chi connectivity index (χ2n) is 3.61. The van der Waals surface area contributed by atoms with Crippen molar-refractivity contribution in [3.8, 4) is 0 Å². The standard InChI is InChI=1S/C11H17BrN2S/c1-14(2)5-6-15-11-4-3-10(12)7-9(11)8-13/h3-4,7H,5-6,8,13H2,1-2H3. The van der Waals surface area contributed by atoms with Gasteiger partial charge in [0.25, 0.3) is 0 Å². The minimum absolute atomic E-state index is 0.601. The fraction of sp³-hybridized carbons (Fsp3) is 0.455. The van der Waals surface area contributed by atoms with Crippen LogP contribution in [0.25, 0.3) is 0 Å². The largest absolute Gasteiger partial charge is 0.326 e. The van der Waals surface area contributed by atoms with Crippen molar-refractivity contribution in [2.75, 3.05) is 26.4 Å². The van der Waals surface area contributed by atoms with Gasteiger partial charge in [0.05, 0.1) is 0 Å². The number of benzene rings is 1. The van der Waals surface area contributed by atoms with Crippen molar-refractivity contribution in [2.45, 2.75) is 11.4 Å². The summed E-state index contributed by atoms with van der Waals surface area (Å²) in [5.41, 5.74) is 6.92. The summed E-state index contributed by atoms with van der Waals surface area (Å²) in [4.78, 5) is 3.48. The van der Waals surface area contributed by atoms with E-state index in [0.717, 1.165) is 16.8 Å². The van der Waals surface area contributed by atoms with E-state index >= 15 is 0 Å². The summed E-state index contributed by atoms with van der Waals surface area (Å²) < 4.78 is 1.10. The molecule has 0 unspecified atom stereocenters. The molecule has 0 radical (unpaired) electrons. The van der Waals surface area contributed by atoms with Crippen LogP contribution in [-0.4, -0.2) is 31.3 Å². The first kappa shape index (κ1) is 13.0. The Hall–Kier alpha value is -0.0300. The lowest BCUT2D eigenvalue weighted by Gasteiger charge is -2.11. The molecule has 0 atom stereocenters. The van der Waals surface area contributed by atoms with Crippen LogP contribution < -0.4 is 5.73 Å². The summed E-state index contributed by atoms with van der Waals surface area (Å²) in [6.07, 6.45) is 0. The molecule has 2 N–H and O–H groups in total. The Morgan fingerprint density at radius 2 is 2.13 bits per heavy atom. The fourth-order valence-corrected chi connectivity index (χ4v) is 2.76. The lowest BCUT2D eigenvalue weighted by Crippen LogP contribution is -2.14. The van der Waals surface area contributed by atoms with Gasteiger partial charge in [-0.15, -0.1) is 11.8 Å². The molecule has 15 heavy (non-hydrogen) atoms. The van der Waals surface area contributed by atoms with Crippen molar-refractivity contribution in [1.82, 2.24) is 4.90 Å². The fourth-order valence-electron chi connectivity index (χ4n) is 1.19. The van der Waals surface area contributed by atoms with Crippen LogP contribution in [0.2, 0.25) is 0 Å². The van der Waals surface area contributed by atoms with Gasteiger partial charge in [-0.05, 0) is 37.9 Å². The third kappa shape index (κ3) is 4.55. The monoisotopic (exact) mass is 288 g/mol. The van der Waals surface area contributed by atoms with Gasteiger partial charge in [0, 0.05) is 28.2 Å². The molecular weight excluding hydrogens is 272 g/mol. The zero-order valence-corrected chi connectivity index (χ0v) is 11.6. The van der Waals surface area contributed by atoms with Gasteiger partial charge in [-0.1, -0.05) is 15.9 Å². The molecule has 0 heterocycles. The third-order valence-electron chi connectivity index (χ3n) is 2.04. The van der Waals surface area contributed by atoms with Gasteiger partial charge in [0.2, 0.25) is 0 Å². The summed E-state index contributed by atoms with van der Waals surface area (Å²) in [7, 11) is 4.18. The Balaban J connectivity index is 2.60. The number of halogens is 1. The van der Waals surface area contributed by atoms with Gasteiger partial charge in [-0.2, -0.15) is 0 Å². The van der Waals surface area contributed by atoms with E-state index in [2.05, 4.69) is 53.1 Å². The predicted molar refractivity (Wildman–Crippen MR) is 71.3 cm³/mol. The van der Waals surface area contributed by atoms with Gasteiger partial charge < -0.3 is 10.6 Å². The first-order chi connectivity index (χ1) is 7.13. The molecule has 1 aromatic rings. The molecule has 0 aliphatic rings. The van der Waals surface area contributed by atoms with E-state index in [4.69, 9.17) is 5.73 Å². The molecule has 0 aromatic heterocycles. The molecule has 0 fully saturated rings. The number of nitrogens with two attached hydrogens (primary N) is 1. The Morgan fingerprint density at radius 1 is 1.40 bits per heavy atom. The van der Waals surface area contributed by atoms with E-state index in [1.807, 2.05) is 11.8 Å². The molecule has 0 amide bonds. The SMILES string of the molecule is CN(C)CCSc1ccc(Br)cc1CN. The van der Waals surface area contributed by atoms with Crippen LogP contribution in [0.1, 0.15) is 5.56 Å². The smallest absolute Gasteiger partial charge is 0.0189 e. The molecule has 0 spiro atoms. The highest BCUT2D eigenvalue weighted by atomic mass is 79.9. The van der Waals surface area contributed by atoms with Crippen LogP contribution in [0, 0.1) is 0 Å². The number of thioether (sulfide) groups is 1. The van der Waals surface area contributed by atoms with Crippen LogP contribution in [0.4, 0.5) is 0 Å². The highest BCUT2D eigenvalue weighted by Crippen LogP contribution is 2.25. The normalized spacial score (nSPS) is 11.0. The Kier molecular flexibility index (Phi) is 5.68. The van der Waals surface area contributed by atoms with E-state index in [0.29, 0.717) is 6.54 Å². The maximum absolute atomic E-state index is 5.71. The minimum Gasteiger partial charge on any atom is -0.326 e. The van der Waals surface area contributed by atoms with Crippen molar-refractivity contribution in [2.24, 2.45) is 5.73 Å². The maximum atomic E-state index is 5.71. The van der Waals surface area contributed by atoms with Crippen LogP contribution in [-0.2, 0) is 6.54 Å². The van der Waals surface area contributed by atoms with E-state index in [-0.39, 0.29) is 0 Å². The first-order valence-corrected chi connectivity index (χ1v) is 6.67. The molecule has 0 aliphatic carbocycles. The van der Waals surface area contributed by atoms with Crippen molar-refractivity contribution >= 4 is 27.7 Å². The highest BCUT2D eigenvalue weighted by Gasteiger charge is 2.02. The minimum atomic E-state index is 0.601. The highest BCUT2D eigenvalue weighted by molar-refractivity contribution is 9.10. The molecule has 84 valence electrons. The van der Waals surface area contributed by atoms with E-state index in [1.54, 1.807) is 0 Å². The van der Waals surface area contributed by atoms with E-state index in [9.17, 15) is 0 Å². The molecule has 1 rings (SSSR count). The zero-order chi connectivity index (χ0) is 11.3. The molecule has 4 heteroatoms. The summed E-state index contributed by atoms with van der Waals surface area (Å²) in [5, 5.41) is 0. The third-order valence-corrected chi connectivity index (χ3v) is 3.63. The molecule has 0 saturated heterocycles. The Morgan fingerprint density at radius 3 is 2.73 bits per heavy atom. The first-order valence-electron chi connectivity index (χ1n) is 4.89. The molecule has 1 aromatic carbocycles. The number of hydrogen-bond donors (Lipinski definition) is 1. The van der Waals surface area contributed by atoms with Crippen LogP contribution in [0.3, 0.4) is 0 Å². The molecule has 0 bridgehead atoms. The van der Waals surface area contributed by atoms with Crippen molar-refractivity contribution in [3.05, 3.63) is 28.2 Å². The summed E-state index contributed by atoms with van der Waals surface area (Å²) in [6, 6.07) is 6.29. The quantitative estimate of drug-likeness (QED) is 0.845. The molecule has 2 nitrogen and oxygen atoms in total. The Bertz CT molecular complexity index is 315. The number of hydrogen-bond acceptors (Lipinski definition) is 3. The Labute approximate surface area is 104 Å². The summed E-state index contributed by atoms with van der Waals surface area (Å²) >= 11 is 5.32. The van der Waals surface area contributed by atoms with Gasteiger partial charge in [-0.3, -0.25) is 0 Å². The summed E-state index contributed by atoms with van der Waals surface area (Å²) in [5.74, 6) is 1.10. The van der Waals surface area contributed by atoms with Gasteiger partial charge in [0.15, 0.2) is 0 Å². The van der Waals surface area contributed by atoms with Crippen molar-refractivity contribution in [1.29, 1.82) is 0 Å².